The summed E-state index contributed by atoms with van der Waals surface area (Å²) in [6.07, 6.45) is 1.99. The molecule has 1 aliphatic rings. The van der Waals surface area contributed by atoms with Crippen molar-refractivity contribution in [3.8, 4) is 11.5 Å². The van der Waals surface area contributed by atoms with E-state index in [0.717, 1.165) is 57.0 Å². The van der Waals surface area contributed by atoms with Crippen LogP contribution in [0.3, 0.4) is 0 Å². The predicted molar refractivity (Wildman–Crippen MR) is 152 cm³/mol. The van der Waals surface area contributed by atoms with E-state index in [1.165, 1.54) is 0 Å². The van der Waals surface area contributed by atoms with Crippen LogP contribution in [-0.2, 0) is 19.2 Å². The van der Waals surface area contributed by atoms with Crippen molar-refractivity contribution in [2.75, 3.05) is 64.6 Å². The Kier molecular flexibility index (Phi) is 16.8. The number of alkyl halides is 1. The zero-order valence-electron chi connectivity index (χ0n) is 23.6. The summed E-state index contributed by atoms with van der Waals surface area (Å²) < 4.78 is 22.8. The third-order valence-corrected chi connectivity index (χ3v) is 5.81. The monoisotopic (exact) mass is 609 g/mol. The second-order valence-corrected chi connectivity index (χ2v) is 8.75. The largest absolute Gasteiger partial charge is 0.495 e. The second kappa shape index (κ2) is 20.0. The van der Waals surface area contributed by atoms with E-state index < -0.39 is 30.6 Å². The molecule has 14 nitrogen and oxygen atoms in total. The van der Waals surface area contributed by atoms with Gasteiger partial charge in [-0.15, -0.1) is 0 Å². The molecular formula is C28H36FN3O11. The minimum absolute atomic E-state index is 0.0288. The number of carbonyl (C=O) groups is 5. The van der Waals surface area contributed by atoms with Crippen LogP contribution in [0.15, 0.2) is 48.5 Å². The molecule has 0 radical (unpaired) electrons. The number of amides is 1. The summed E-state index contributed by atoms with van der Waals surface area (Å²) in [4.78, 5) is 53.5. The number of rotatable bonds is 11. The standard InChI is InChI=1S/C24H32FN3O3.2C2H2O4/c1-30-23-7-3-2-6-22(23)28-17-15-27(16-18-28)14-5-4-13-26-24(29)20-8-10-21(11-9-20)31-19-12-25;2*3-1(4)2(5)6/h2-3,6-11H,4-5,12-19H2,1H3,(H,26,29);2*(H,3,4)(H,5,6). The summed E-state index contributed by atoms with van der Waals surface area (Å²) in [6, 6.07) is 14.9. The van der Waals surface area contributed by atoms with Gasteiger partial charge in [0.25, 0.3) is 5.91 Å². The molecule has 2 aromatic carbocycles. The van der Waals surface area contributed by atoms with Crippen molar-refractivity contribution in [2.45, 2.75) is 12.8 Å². The van der Waals surface area contributed by atoms with Crippen molar-refractivity contribution in [1.29, 1.82) is 0 Å². The van der Waals surface area contributed by atoms with Crippen LogP contribution in [0.25, 0.3) is 0 Å². The van der Waals surface area contributed by atoms with E-state index >= 15 is 0 Å². The van der Waals surface area contributed by atoms with Gasteiger partial charge in [-0.3, -0.25) is 9.69 Å². The molecule has 1 aliphatic heterocycles. The molecule has 15 heteroatoms. The summed E-state index contributed by atoms with van der Waals surface area (Å²) in [5.41, 5.74) is 1.74. The highest BCUT2D eigenvalue weighted by molar-refractivity contribution is 6.27. The fourth-order valence-corrected chi connectivity index (χ4v) is 3.73. The van der Waals surface area contributed by atoms with Gasteiger partial charge in [0, 0.05) is 38.3 Å². The van der Waals surface area contributed by atoms with Crippen LogP contribution < -0.4 is 19.7 Å². The number of nitrogens with one attached hydrogen (secondary N) is 1. The number of unbranched alkanes of at least 4 members (excludes halogenated alkanes) is 1. The van der Waals surface area contributed by atoms with Gasteiger partial charge in [0.15, 0.2) is 0 Å². The summed E-state index contributed by atoms with van der Waals surface area (Å²) in [5, 5.41) is 32.5. The lowest BCUT2D eigenvalue weighted by Gasteiger charge is -2.36. The first kappa shape index (κ1) is 36.1. The molecule has 0 spiro atoms. The number of hydrogen-bond donors (Lipinski definition) is 5. The minimum Gasteiger partial charge on any atom is -0.495 e. The zero-order chi connectivity index (χ0) is 32.2. The Morgan fingerprint density at radius 2 is 1.37 bits per heavy atom. The lowest BCUT2D eigenvalue weighted by Crippen LogP contribution is -2.46. The first-order valence-corrected chi connectivity index (χ1v) is 13.1. The van der Waals surface area contributed by atoms with Crippen LogP contribution in [0.5, 0.6) is 11.5 Å². The van der Waals surface area contributed by atoms with E-state index in [4.69, 9.17) is 49.1 Å². The van der Waals surface area contributed by atoms with Crippen molar-refractivity contribution in [3.63, 3.8) is 0 Å². The average molecular weight is 610 g/mol. The SMILES string of the molecule is COc1ccccc1N1CCN(CCCCNC(=O)c2ccc(OCCF)cc2)CC1.O=C(O)C(=O)O.O=C(O)C(=O)O. The van der Waals surface area contributed by atoms with Crippen LogP contribution in [-0.4, -0.2) is 115 Å². The lowest BCUT2D eigenvalue weighted by atomic mass is 10.2. The highest BCUT2D eigenvalue weighted by atomic mass is 19.1. The number of hydrogen-bond acceptors (Lipinski definition) is 9. The van der Waals surface area contributed by atoms with Crippen LogP contribution in [0, 0.1) is 0 Å². The lowest BCUT2D eigenvalue weighted by molar-refractivity contribution is -0.159. The van der Waals surface area contributed by atoms with Gasteiger partial charge in [0.05, 0.1) is 12.8 Å². The summed E-state index contributed by atoms with van der Waals surface area (Å²) >= 11 is 0. The molecule has 0 saturated carbocycles. The molecule has 0 aromatic heterocycles. The molecule has 2 aromatic rings. The molecule has 3 rings (SSSR count). The Balaban J connectivity index is 0.000000649. The number of anilines is 1. The van der Waals surface area contributed by atoms with Crippen molar-refractivity contribution >= 4 is 35.5 Å². The maximum Gasteiger partial charge on any atom is 0.414 e. The number of aliphatic carboxylic acids is 4. The number of carbonyl (C=O) groups excluding carboxylic acids is 1. The number of carboxylic acid groups (broad SMARTS) is 4. The van der Waals surface area contributed by atoms with Crippen molar-refractivity contribution in [1.82, 2.24) is 10.2 Å². The van der Waals surface area contributed by atoms with E-state index in [-0.39, 0.29) is 12.5 Å². The number of halogens is 1. The molecular weight excluding hydrogens is 573 g/mol. The Morgan fingerprint density at radius 3 is 1.88 bits per heavy atom. The normalized spacial score (nSPS) is 12.4. The topological polar surface area (TPSA) is 203 Å². The molecule has 1 saturated heterocycles. The summed E-state index contributed by atoms with van der Waals surface area (Å²) in [5.74, 6) is -5.90. The van der Waals surface area contributed by atoms with E-state index in [2.05, 4.69) is 21.2 Å². The summed E-state index contributed by atoms with van der Waals surface area (Å²) in [7, 11) is 1.71. The zero-order valence-corrected chi connectivity index (χ0v) is 23.6. The second-order valence-electron chi connectivity index (χ2n) is 8.75. The molecule has 1 fully saturated rings. The minimum atomic E-state index is -1.82. The molecule has 0 atom stereocenters. The Labute approximate surface area is 247 Å². The predicted octanol–water partition coefficient (Wildman–Crippen LogP) is 1.69. The van der Waals surface area contributed by atoms with E-state index in [1.54, 1.807) is 31.4 Å². The van der Waals surface area contributed by atoms with Gasteiger partial charge in [0.2, 0.25) is 0 Å². The third kappa shape index (κ3) is 14.5. The first-order chi connectivity index (χ1) is 20.5. The summed E-state index contributed by atoms with van der Waals surface area (Å²) in [6.45, 7) is 5.23. The van der Waals surface area contributed by atoms with Gasteiger partial charge in [-0.2, -0.15) is 0 Å². The van der Waals surface area contributed by atoms with Gasteiger partial charge in [-0.25, -0.2) is 23.6 Å². The van der Waals surface area contributed by atoms with E-state index in [0.29, 0.717) is 17.9 Å². The highest BCUT2D eigenvalue weighted by Gasteiger charge is 2.19. The first-order valence-electron chi connectivity index (χ1n) is 13.1. The van der Waals surface area contributed by atoms with Gasteiger partial charge in [-0.05, 0) is 55.8 Å². The Bertz CT molecular complexity index is 1140. The molecule has 0 bridgehead atoms. The number of ether oxygens (including phenoxy) is 2. The quantitative estimate of drug-likeness (QED) is 0.182. The fourth-order valence-electron chi connectivity index (χ4n) is 3.73. The highest BCUT2D eigenvalue weighted by Crippen LogP contribution is 2.28. The van der Waals surface area contributed by atoms with Gasteiger partial charge in [-0.1, -0.05) is 12.1 Å². The Hall–Kier alpha value is -4.92. The maximum absolute atomic E-state index is 12.2. The number of carboxylic acids is 4. The Morgan fingerprint density at radius 1 is 0.814 bits per heavy atom. The molecule has 1 heterocycles. The number of piperazine rings is 1. The number of nitrogens with zero attached hydrogens (tertiary/aromatic N) is 2. The van der Waals surface area contributed by atoms with Gasteiger partial charge >= 0.3 is 23.9 Å². The maximum atomic E-state index is 12.2. The number of benzene rings is 2. The van der Waals surface area contributed by atoms with E-state index in [9.17, 15) is 9.18 Å². The van der Waals surface area contributed by atoms with Crippen LogP contribution in [0.4, 0.5) is 10.1 Å². The fraction of sp³-hybridized carbons (Fsp3) is 0.393. The van der Waals surface area contributed by atoms with Crippen molar-refractivity contribution in [3.05, 3.63) is 54.1 Å². The van der Waals surface area contributed by atoms with Gasteiger partial charge in [0.1, 0.15) is 24.8 Å². The average Bonchev–Trinajstić information content (AvgIpc) is 3.00. The molecule has 1 amide bonds. The van der Waals surface area contributed by atoms with E-state index in [1.807, 2.05) is 18.2 Å². The van der Waals surface area contributed by atoms with Crippen LogP contribution in [0.2, 0.25) is 0 Å². The molecule has 236 valence electrons. The molecule has 43 heavy (non-hydrogen) atoms. The van der Waals surface area contributed by atoms with Crippen LogP contribution >= 0.6 is 0 Å². The van der Waals surface area contributed by atoms with Crippen molar-refractivity contribution in [2.24, 2.45) is 0 Å². The molecule has 0 unspecified atom stereocenters. The molecule has 5 N–H and O–H groups in total. The van der Waals surface area contributed by atoms with Crippen LogP contribution in [0.1, 0.15) is 23.2 Å². The van der Waals surface area contributed by atoms with Gasteiger partial charge < -0.3 is 40.1 Å². The molecule has 0 aliphatic carbocycles. The number of methoxy groups -OCH3 is 1. The van der Waals surface area contributed by atoms with Crippen molar-refractivity contribution < 1.29 is 58.3 Å². The third-order valence-electron chi connectivity index (χ3n) is 5.81. The smallest absolute Gasteiger partial charge is 0.414 e. The number of para-hydroxylation sites is 2.